The maximum Gasteiger partial charge on any atom is 0.0270 e. The maximum atomic E-state index is 4.09. The van der Waals surface area contributed by atoms with Crippen LogP contribution in [-0.2, 0) is 6.42 Å². The van der Waals surface area contributed by atoms with Gasteiger partial charge in [0.2, 0.25) is 0 Å². The molecule has 0 amide bonds. The van der Waals surface area contributed by atoms with Crippen LogP contribution in [0.5, 0.6) is 0 Å². The highest BCUT2D eigenvalue weighted by Gasteiger charge is 2.55. The number of rotatable bonds is 3. The highest BCUT2D eigenvalue weighted by molar-refractivity contribution is 5.11. The van der Waals surface area contributed by atoms with Crippen molar-refractivity contribution in [3.63, 3.8) is 0 Å². The van der Waals surface area contributed by atoms with Crippen molar-refractivity contribution in [1.29, 1.82) is 0 Å². The largest absolute Gasteiger partial charge is 0.302 e. The molecule has 104 valence electrons. The lowest BCUT2D eigenvalue weighted by Gasteiger charge is -2.50. The molecule has 0 aromatic carbocycles. The summed E-state index contributed by atoms with van der Waals surface area (Å²) in [7, 11) is 0. The van der Waals surface area contributed by atoms with Gasteiger partial charge in [0.15, 0.2) is 0 Å². The summed E-state index contributed by atoms with van der Waals surface area (Å²) in [6, 6.07) is 4.29. The number of aromatic nitrogens is 1. The Morgan fingerprint density at radius 3 is 2.68 bits per heavy atom. The van der Waals surface area contributed by atoms with E-state index < -0.39 is 0 Å². The van der Waals surface area contributed by atoms with Gasteiger partial charge in [-0.15, -0.1) is 0 Å². The Morgan fingerprint density at radius 2 is 2.00 bits per heavy atom. The minimum atomic E-state index is 0.522. The van der Waals surface area contributed by atoms with Gasteiger partial charge >= 0.3 is 0 Å². The van der Waals surface area contributed by atoms with Crippen molar-refractivity contribution in [2.45, 2.75) is 40.0 Å². The van der Waals surface area contributed by atoms with E-state index in [1.807, 2.05) is 12.4 Å². The predicted molar refractivity (Wildman–Crippen MR) is 79.0 cm³/mol. The van der Waals surface area contributed by atoms with E-state index in [4.69, 9.17) is 0 Å². The summed E-state index contributed by atoms with van der Waals surface area (Å²) < 4.78 is 0. The molecule has 1 saturated carbocycles. The number of hydrogen-bond donors (Lipinski definition) is 0. The summed E-state index contributed by atoms with van der Waals surface area (Å²) in [4.78, 5) is 6.79. The molecule has 19 heavy (non-hydrogen) atoms. The molecular weight excluding hydrogens is 232 g/mol. The lowest BCUT2D eigenvalue weighted by molar-refractivity contribution is -0.0169. The number of hydrogen-bond acceptors (Lipinski definition) is 2. The van der Waals surface area contributed by atoms with E-state index in [0.717, 1.165) is 12.3 Å². The first-order chi connectivity index (χ1) is 9.01. The number of pyridine rings is 1. The first-order valence-corrected chi connectivity index (χ1v) is 7.62. The fraction of sp³-hybridized carbons (Fsp3) is 0.706. The molecule has 3 rings (SSSR count). The molecule has 0 radical (unpaired) electrons. The van der Waals surface area contributed by atoms with E-state index >= 15 is 0 Å². The Bertz CT molecular complexity index is 440. The van der Waals surface area contributed by atoms with Crippen LogP contribution in [0, 0.1) is 16.7 Å². The Morgan fingerprint density at radius 1 is 1.26 bits per heavy atom. The molecule has 2 heteroatoms. The quantitative estimate of drug-likeness (QED) is 0.826. The third-order valence-electron chi connectivity index (χ3n) is 6.14. The van der Waals surface area contributed by atoms with Crippen LogP contribution in [0.2, 0.25) is 0 Å². The van der Waals surface area contributed by atoms with Crippen molar-refractivity contribution in [1.82, 2.24) is 9.88 Å². The standard InChI is InChI=1S/C17H26N2/c1-16(2)15-4-8-17(16,3)13-19(12-15)11-7-14-5-9-18-10-6-14/h5-6,9-10,15H,4,7-8,11-13H2,1-3H3/t15?,17-/m1/s1. The van der Waals surface area contributed by atoms with Gasteiger partial charge < -0.3 is 4.90 Å². The molecule has 1 aliphatic heterocycles. The monoisotopic (exact) mass is 258 g/mol. The van der Waals surface area contributed by atoms with Crippen LogP contribution < -0.4 is 0 Å². The molecule has 1 aromatic rings. The third-order valence-corrected chi connectivity index (χ3v) is 6.14. The van der Waals surface area contributed by atoms with E-state index in [2.05, 4.69) is 42.8 Å². The van der Waals surface area contributed by atoms with Crippen molar-refractivity contribution in [2.75, 3.05) is 19.6 Å². The molecule has 2 bridgehead atoms. The second-order valence-corrected chi connectivity index (χ2v) is 7.36. The highest BCUT2D eigenvalue weighted by atomic mass is 15.2. The molecule has 2 fully saturated rings. The predicted octanol–water partition coefficient (Wildman–Crippen LogP) is 3.38. The van der Waals surface area contributed by atoms with E-state index in [9.17, 15) is 0 Å². The summed E-state index contributed by atoms with van der Waals surface area (Å²) in [6.07, 6.45) is 7.80. The van der Waals surface area contributed by atoms with Crippen molar-refractivity contribution in [2.24, 2.45) is 16.7 Å². The van der Waals surface area contributed by atoms with Gasteiger partial charge in [-0.25, -0.2) is 0 Å². The van der Waals surface area contributed by atoms with Crippen LogP contribution in [0.1, 0.15) is 39.2 Å². The number of nitrogens with zero attached hydrogens (tertiary/aromatic N) is 2. The van der Waals surface area contributed by atoms with Crippen LogP contribution in [0.25, 0.3) is 0 Å². The first-order valence-electron chi connectivity index (χ1n) is 7.62. The van der Waals surface area contributed by atoms with Gasteiger partial charge in [-0.1, -0.05) is 20.8 Å². The average molecular weight is 258 g/mol. The lowest BCUT2D eigenvalue weighted by atomic mass is 9.63. The van der Waals surface area contributed by atoms with E-state index in [1.165, 1.54) is 38.0 Å². The van der Waals surface area contributed by atoms with Crippen LogP contribution in [0.3, 0.4) is 0 Å². The second kappa shape index (κ2) is 4.59. The number of likely N-dealkylation sites (tertiary alicyclic amines) is 1. The van der Waals surface area contributed by atoms with Gasteiger partial charge in [0, 0.05) is 32.0 Å². The van der Waals surface area contributed by atoms with Gasteiger partial charge in [-0.2, -0.15) is 0 Å². The molecule has 0 N–H and O–H groups in total. The van der Waals surface area contributed by atoms with Crippen LogP contribution in [0.4, 0.5) is 0 Å². The Kier molecular flexibility index (Phi) is 3.17. The average Bonchev–Trinajstić information content (AvgIpc) is 2.56. The highest BCUT2D eigenvalue weighted by Crippen LogP contribution is 2.58. The second-order valence-electron chi connectivity index (χ2n) is 7.36. The zero-order valence-corrected chi connectivity index (χ0v) is 12.5. The van der Waals surface area contributed by atoms with Gasteiger partial charge in [0.1, 0.15) is 0 Å². The third kappa shape index (κ3) is 2.20. The van der Waals surface area contributed by atoms with Crippen LogP contribution in [0.15, 0.2) is 24.5 Å². The summed E-state index contributed by atoms with van der Waals surface area (Å²) in [5.41, 5.74) is 2.46. The van der Waals surface area contributed by atoms with E-state index in [-0.39, 0.29) is 0 Å². The van der Waals surface area contributed by atoms with E-state index in [1.54, 1.807) is 0 Å². The zero-order chi connectivity index (χ0) is 13.5. The number of fused-ring (bicyclic) bond motifs is 2. The topological polar surface area (TPSA) is 16.1 Å². The van der Waals surface area contributed by atoms with Crippen molar-refractivity contribution >= 4 is 0 Å². The Labute approximate surface area is 117 Å². The summed E-state index contributed by atoms with van der Waals surface area (Å²) in [5, 5.41) is 0. The Balaban J connectivity index is 1.63. The summed E-state index contributed by atoms with van der Waals surface area (Å²) in [6.45, 7) is 11.3. The molecule has 1 saturated heterocycles. The van der Waals surface area contributed by atoms with Gasteiger partial charge in [0.05, 0.1) is 0 Å². The molecule has 2 nitrogen and oxygen atoms in total. The summed E-state index contributed by atoms with van der Waals surface area (Å²) >= 11 is 0. The van der Waals surface area contributed by atoms with Crippen molar-refractivity contribution in [3.05, 3.63) is 30.1 Å². The molecule has 1 aromatic heterocycles. The fourth-order valence-corrected chi connectivity index (χ4v) is 4.15. The van der Waals surface area contributed by atoms with Gasteiger partial charge in [-0.05, 0) is 53.7 Å². The minimum absolute atomic E-state index is 0.522. The summed E-state index contributed by atoms with van der Waals surface area (Å²) in [5.74, 6) is 0.892. The Hall–Kier alpha value is -0.890. The smallest absolute Gasteiger partial charge is 0.0270 e. The minimum Gasteiger partial charge on any atom is -0.302 e. The maximum absolute atomic E-state index is 4.09. The lowest BCUT2D eigenvalue weighted by Crippen LogP contribution is -2.52. The fourth-order valence-electron chi connectivity index (χ4n) is 4.15. The molecular formula is C17H26N2. The van der Waals surface area contributed by atoms with Crippen LogP contribution in [-0.4, -0.2) is 29.5 Å². The zero-order valence-electron chi connectivity index (χ0n) is 12.5. The molecule has 2 atom stereocenters. The first kappa shape index (κ1) is 13.1. The van der Waals surface area contributed by atoms with Gasteiger partial charge in [-0.3, -0.25) is 4.98 Å². The molecule has 2 heterocycles. The van der Waals surface area contributed by atoms with Crippen LogP contribution >= 0.6 is 0 Å². The normalized spacial score (nSPS) is 33.5. The van der Waals surface area contributed by atoms with Gasteiger partial charge in [0.25, 0.3) is 0 Å². The molecule has 2 aliphatic rings. The molecule has 1 aliphatic carbocycles. The van der Waals surface area contributed by atoms with Crippen molar-refractivity contribution < 1.29 is 0 Å². The molecule has 1 unspecified atom stereocenters. The van der Waals surface area contributed by atoms with E-state index in [0.29, 0.717) is 10.8 Å². The molecule has 0 spiro atoms. The van der Waals surface area contributed by atoms with Crippen molar-refractivity contribution in [3.8, 4) is 0 Å². The SMILES string of the molecule is CC1(C)C2CC[C@]1(C)CN(CCc1ccncc1)C2. The number of piperidine rings is 1.